The molecule has 0 saturated heterocycles. The molecule has 0 fully saturated rings. The first-order valence-electron chi connectivity index (χ1n) is 35.9. The van der Waals surface area contributed by atoms with Crippen molar-refractivity contribution in [3.63, 3.8) is 0 Å². The van der Waals surface area contributed by atoms with Crippen molar-refractivity contribution in [3.05, 3.63) is 161 Å². The molecule has 2 aliphatic heterocycles. The van der Waals surface area contributed by atoms with E-state index in [0.717, 1.165) is 27.7 Å². The molecule has 5 aromatic rings. The number of carbonyl (C=O) groups excluding carboxylic acids is 3. The number of Topliss-reactive ketones (excluding diaryl/α,β-unsaturated/α-hetero) is 1. The van der Waals surface area contributed by atoms with E-state index in [2.05, 4.69) is 14.8 Å². The molecule has 0 aliphatic carbocycles. The number of fused-ring (bicyclic) bond motifs is 2. The maximum atomic E-state index is 13.8. The fraction of sp³-hybridized carbons (Fsp3) is 0.513. The van der Waals surface area contributed by atoms with Gasteiger partial charge in [0.15, 0.2) is 5.71 Å². The van der Waals surface area contributed by atoms with E-state index in [1.165, 1.54) is 31.4 Å². The number of nitrogens with one attached hydrogen (secondary N) is 1. The van der Waals surface area contributed by atoms with Crippen LogP contribution in [0.15, 0.2) is 149 Å². The molecule has 582 valence electrons. The number of anilines is 1. The number of ether oxygens (including phenoxy) is 13. The molecule has 0 saturated carbocycles. The smallest absolute Gasteiger partial charge is 0.338 e. The number of carbonyl (C=O) groups is 3. The van der Waals surface area contributed by atoms with Crippen LogP contribution >= 0.6 is 7.92 Å². The summed E-state index contributed by atoms with van der Waals surface area (Å²) in [6.45, 7) is 12.5. The van der Waals surface area contributed by atoms with Crippen LogP contribution in [0.5, 0.6) is 0 Å². The second-order valence-corrected chi connectivity index (χ2v) is 30.5. The van der Waals surface area contributed by atoms with Crippen LogP contribution in [0.25, 0.3) is 0 Å². The van der Waals surface area contributed by atoms with Gasteiger partial charge in [0.25, 0.3) is 26.1 Å². The average molecular weight is 1530 g/mol. The maximum absolute atomic E-state index is 13.8. The Morgan fingerprint density at radius 3 is 1.50 bits per heavy atom. The SMILES string of the molecule is COCCOCCOCCOCCN1C(=CC=CC2=[N+](CCCCCC(=O)CCCNC(=O)c3ccc(C(=O)OC)c(P(c4ccccc4)c4ccccc4)c3)c3ccc(S(=O)(=O)O)cc3C2(C)CCOCCOCCOCCOC)C(C)(CCOCCOCCOCCOC)c2cc(S(=O)(=O)O)ccc21. The molecule has 3 N–H and O–H groups in total. The summed E-state index contributed by atoms with van der Waals surface area (Å²) in [5.74, 6) is -0.791. The zero-order chi connectivity index (χ0) is 76.1. The van der Waals surface area contributed by atoms with Gasteiger partial charge >= 0.3 is 5.97 Å². The number of benzene rings is 5. The van der Waals surface area contributed by atoms with E-state index in [4.69, 9.17) is 61.6 Å². The van der Waals surface area contributed by atoms with E-state index in [1.54, 1.807) is 51.7 Å². The van der Waals surface area contributed by atoms with Crippen LogP contribution in [0, 0.1) is 0 Å². The van der Waals surface area contributed by atoms with Gasteiger partial charge in [0.1, 0.15) is 12.3 Å². The highest BCUT2D eigenvalue weighted by molar-refractivity contribution is 7.86. The Morgan fingerprint density at radius 2 is 0.991 bits per heavy atom. The van der Waals surface area contributed by atoms with Gasteiger partial charge in [-0.2, -0.15) is 21.4 Å². The van der Waals surface area contributed by atoms with Gasteiger partial charge in [-0.15, -0.1) is 0 Å². The summed E-state index contributed by atoms with van der Waals surface area (Å²) in [4.78, 5) is 42.1. The Hall–Kier alpha value is -6.57. The molecule has 1 amide bonds. The lowest BCUT2D eigenvalue weighted by atomic mass is 9.76. The van der Waals surface area contributed by atoms with E-state index in [0.29, 0.717) is 190 Å². The van der Waals surface area contributed by atoms with Crippen molar-refractivity contribution in [1.29, 1.82) is 0 Å². The lowest BCUT2D eigenvalue weighted by molar-refractivity contribution is -0.438. The third kappa shape index (κ3) is 26.6. The third-order valence-electron chi connectivity index (χ3n) is 18.2. The molecule has 0 bridgehead atoms. The van der Waals surface area contributed by atoms with Crippen LogP contribution in [0.4, 0.5) is 11.4 Å². The summed E-state index contributed by atoms with van der Waals surface area (Å²) in [6.07, 6.45) is 9.43. The van der Waals surface area contributed by atoms with Crippen LogP contribution in [0.1, 0.15) is 97.1 Å². The first-order valence-corrected chi connectivity index (χ1v) is 40.2. The topological polar surface area (TPSA) is 298 Å². The third-order valence-corrected chi connectivity index (χ3v) is 22.4. The minimum Gasteiger partial charge on any atom is -0.465 e. The summed E-state index contributed by atoms with van der Waals surface area (Å²) in [6, 6.07) is 33.9. The number of unbranched alkanes of at least 4 members (excludes halogenated alkanes) is 2. The molecule has 2 heterocycles. The Labute approximate surface area is 626 Å². The number of ketones is 1. The molecular formula is C78H107N3O22PS2+. The van der Waals surface area contributed by atoms with E-state index in [9.17, 15) is 40.3 Å². The molecule has 2 aliphatic rings. The standard InChI is InChI=1S/C78H106N3O22PS2/c1-77(32-37-95-46-49-101-55-52-98-43-40-91-3)68-59-65(105(85,86)87)27-30-70(68)80(35-15-9-10-18-62(82)19-17-34-79-75(83)61-26-29-67(76(84)94-6)72(58-61)104(63-20-11-7-12-21-63)64-22-13-8-14-23-64)73(77)24-16-25-74-78(2,33-38-96-47-50-102-56-53-99-44-41-92-4)69-60-66(106(88,89)90)28-31-71(69)81(74)36-39-97-48-51-103-57-54-100-45-42-93-5/h7-8,11-14,16,20-31,58-60H,9-10,15,17-19,32-57H2,1-6H3,(H2-,79,83,85,86,87,88,89,90)/p+1. The number of rotatable bonds is 55. The molecule has 2 atom stereocenters. The highest BCUT2D eigenvalue weighted by Gasteiger charge is 2.49. The van der Waals surface area contributed by atoms with Crippen LogP contribution < -0.4 is 26.1 Å². The Kier molecular flexibility index (Phi) is 37.7. The van der Waals surface area contributed by atoms with Crippen LogP contribution in [0.3, 0.4) is 0 Å². The van der Waals surface area contributed by atoms with Gasteiger partial charge in [0.2, 0.25) is 5.69 Å². The summed E-state index contributed by atoms with van der Waals surface area (Å²) in [7, 11) is -4.42. The summed E-state index contributed by atoms with van der Waals surface area (Å²) < 4.78 is 148. The molecule has 0 aromatic heterocycles. The zero-order valence-corrected chi connectivity index (χ0v) is 64.6. The van der Waals surface area contributed by atoms with Gasteiger partial charge in [0, 0.05) is 112 Å². The summed E-state index contributed by atoms with van der Waals surface area (Å²) >= 11 is 0. The van der Waals surface area contributed by atoms with E-state index < -0.39 is 45.0 Å². The highest BCUT2D eigenvalue weighted by Crippen LogP contribution is 2.51. The van der Waals surface area contributed by atoms with Crippen molar-refractivity contribution in [1.82, 2.24) is 5.32 Å². The second kappa shape index (κ2) is 46.1. The first kappa shape index (κ1) is 86.7. The minimum absolute atomic E-state index is 0.0489. The first-order chi connectivity index (χ1) is 51.3. The molecule has 25 nitrogen and oxygen atoms in total. The molecule has 28 heteroatoms. The highest BCUT2D eigenvalue weighted by atomic mass is 32.2. The predicted molar refractivity (Wildman–Crippen MR) is 405 cm³/mol. The van der Waals surface area contributed by atoms with Crippen molar-refractivity contribution in [2.24, 2.45) is 0 Å². The zero-order valence-electron chi connectivity index (χ0n) is 62.0. The van der Waals surface area contributed by atoms with Gasteiger partial charge in [-0.1, -0.05) is 66.7 Å². The number of allylic oxidation sites excluding steroid dienone is 4. The van der Waals surface area contributed by atoms with Crippen LogP contribution in [-0.4, -0.2) is 241 Å². The number of hydrogen-bond acceptors (Lipinski definition) is 21. The average Bonchev–Trinajstić information content (AvgIpc) is 1.58. The summed E-state index contributed by atoms with van der Waals surface area (Å²) in [5, 5.41) is 5.66. The monoisotopic (exact) mass is 1530 g/mol. The van der Waals surface area contributed by atoms with Gasteiger partial charge in [-0.25, -0.2) is 4.79 Å². The number of esters is 1. The molecule has 7 rings (SSSR count). The van der Waals surface area contributed by atoms with E-state index >= 15 is 0 Å². The molecular weight excluding hydrogens is 1430 g/mol. The molecule has 0 spiro atoms. The molecule has 0 radical (unpaired) electrons. The largest absolute Gasteiger partial charge is 0.465 e. The van der Waals surface area contributed by atoms with Crippen molar-refractivity contribution >= 4 is 78.8 Å². The fourth-order valence-corrected chi connectivity index (χ4v) is 16.1. The molecule has 106 heavy (non-hydrogen) atoms. The predicted octanol–water partition coefficient (Wildman–Crippen LogP) is 8.51. The van der Waals surface area contributed by atoms with Gasteiger partial charge in [-0.05, 0) is 125 Å². The van der Waals surface area contributed by atoms with Crippen molar-refractivity contribution in [2.75, 3.05) is 192 Å². The molecule has 2 unspecified atom stereocenters. The Morgan fingerprint density at radius 1 is 0.519 bits per heavy atom. The Balaban J connectivity index is 1.12. The van der Waals surface area contributed by atoms with Crippen molar-refractivity contribution < 1.29 is 106 Å². The van der Waals surface area contributed by atoms with Crippen LogP contribution in [-0.2, 0) is 97.4 Å². The van der Waals surface area contributed by atoms with Crippen molar-refractivity contribution in [2.45, 2.75) is 85.8 Å². The lowest BCUT2D eigenvalue weighted by Crippen LogP contribution is -2.33. The van der Waals surface area contributed by atoms with E-state index in [-0.39, 0.29) is 74.1 Å². The van der Waals surface area contributed by atoms with Crippen molar-refractivity contribution in [3.8, 4) is 0 Å². The van der Waals surface area contributed by atoms with Gasteiger partial charge in [-0.3, -0.25) is 18.7 Å². The summed E-state index contributed by atoms with van der Waals surface area (Å²) in [5.41, 5.74) is 3.13. The number of amides is 1. The molecule has 5 aromatic carbocycles. The minimum atomic E-state index is -4.66. The Bertz CT molecular complexity index is 3830. The lowest BCUT2D eigenvalue weighted by Gasteiger charge is -2.30. The normalized spacial score (nSPS) is 16.2. The van der Waals surface area contributed by atoms with Gasteiger partial charge in [0.05, 0.1) is 153 Å². The quantitative estimate of drug-likeness (QED) is 0.0108. The number of methoxy groups -OCH3 is 4. The van der Waals surface area contributed by atoms with Crippen LogP contribution in [0.2, 0.25) is 0 Å². The maximum Gasteiger partial charge on any atom is 0.338 e. The fourth-order valence-electron chi connectivity index (χ4n) is 12.6. The second-order valence-electron chi connectivity index (χ2n) is 25.5. The van der Waals surface area contributed by atoms with E-state index in [1.807, 2.05) is 92.7 Å². The van der Waals surface area contributed by atoms with Gasteiger partial charge < -0.3 is 71.8 Å². The number of nitrogens with zero attached hydrogens (tertiary/aromatic N) is 2. The number of hydrogen-bond donors (Lipinski definition) is 3.